The number of amides is 1. The first-order valence-electron chi connectivity index (χ1n) is 11.4. The molecule has 0 radical (unpaired) electrons. The van der Waals surface area contributed by atoms with E-state index in [1.165, 1.54) is 0 Å². The molecule has 0 saturated carbocycles. The fraction of sp³-hybridized carbons (Fsp3) is 0.179. The van der Waals surface area contributed by atoms with Crippen LogP contribution in [0.5, 0.6) is 17.2 Å². The minimum absolute atomic E-state index is 0.204. The third-order valence-electron chi connectivity index (χ3n) is 5.09. The Morgan fingerprint density at radius 1 is 0.829 bits per heavy atom. The van der Waals surface area contributed by atoms with E-state index in [-0.39, 0.29) is 5.91 Å². The van der Waals surface area contributed by atoms with Crippen LogP contribution >= 0.6 is 0 Å². The van der Waals surface area contributed by atoms with Crippen molar-refractivity contribution in [1.29, 1.82) is 0 Å². The zero-order valence-electron chi connectivity index (χ0n) is 19.5. The Hall–Kier alpha value is -4.39. The summed E-state index contributed by atoms with van der Waals surface area (Å²) in [6.45, 7) is 3.45. The average Bonchev–Trinajstić information content (AvgIpc) is 2.91. The summed E-state index contributed by atoms with van der Waals surface area (Å²) in [6.07, 6.45) is 5.20. The van der Waals surface area contributed by atoms with Gasteiger partial charge in [0.1, 0.15) is 19.0 Å². The first-order chi connectivity index (χ1) is 17.2. The van der Waals surface area contributed by atoms with Gasteiger partial charge in [-0.25, -0.2) is 0 Å². The summed E-state index contributed by atoms with van der Waals surface area (Å²) < 4.78 is 17.4. The summed E-state index contributed by atoms with van der Waals surface area (Å²) in [5.41, 5.74) is 3.22. The van der Waals surface area contributed by atoms with Crippen LogP contribution < -0.4 is 19.5 Å². The Morgan fingerprint density at radius 2 is 1.74 bits per heavy atom. The molecular weight excluding hydrogens is 442 g/mol. The Balaban J connectivity index is 1.35. The molecule has 0 fully saturated rings. The highest BCUT2D eigenvalue weighted by molar-refractivity contribution is 5.94. The molecule has 2 aromatic carbocycles. The second kappa shape index (κ2) is 12.2. The lowest BCUT2D eigenvalue weighted by Gasteiger charge is -2.14. The van der Waals surface area contributed by atoms with Crippen molar-refractivity contribution in [3.05, 3.63) is 114 Å². The monoisotopic (exact) mass is 469 g/mol. The Labute approximate surface area is 204 Å². The first kappa shape index (κ1) is 23.8. The number of nitrogens with zero attached hydrogens (tertiary/aromatic N) is 2. The quantitative estimate of drug-likeness (QED) is 0.334. The van der Waals surface area contributed by atoms with Gasteiger partial charge >= 0.3 is 0 Å². The third-order valence-corrected chi connectivity index (χ3v) is 5.09. The maximum atomic E-state index is 12.8. The first-order valence-corrected chi connectivity index (χ1v) is 11.4. The molecule has 1 amide bonds. The molecule has 0 aliphatic heterocycles. The van der Waals surface area contributed by atoms with Crippen molar-refractivity contribution in [3.63, 3.8) is 0 Å². The summed E-state index contributed by atoms with van der Waals surface area (Å²) >= 11 is 0. The number of aromatic nitrogens is 2. The van der Waals surface area contributed by atoms with E-state index < -0.39 is 0 Å². The molecule has 2 heterocycles. The number of nitrogens with one attached hydrogen (secondary N) is 1. The summed E-state index contributed by atoms with van der Waals surface area (Å²) in [7, 11) is 0. The highest BCUT2D eigenvalue weighted by Gasteiger charge is 2.12. The van der Waals surface area contributed by atoms with E-state index in [2.05, 4.69) is 15.3 Å². The van der Waals surface area contributed by atoms with Crippen molar-refractivity contribution in [2.45, 2.75) is 26.7 Å². The maximum Gasteiger partial charge on any atom is 0.251 e. The summed E-state index contributed by atoms with van der Waals surface area (Å²) in [4.78, 5) is 21.2. The topological polar surface area (TPSA) is 82.6 Å². The largest absolute Gasteiger partial charge is 0.490 e. The normalized spacial score (nSPS) is 10.4. The van der Waals surface area contributed by atoms with Crippen LogP contribution in [0.25, 0.3) is 0 Å². The molecule has 0 bridgehead atoms. The molecule has 0 atom stereocenters. The van der Waals surface area contributed by atoms with Gasteiger partial charge in [0.05, 0.1) is 12.3 Å². The number of hydrogen-bond donors (Lipinski definition) is 1. The average molecular weight is 470 g/mol. The molecule has 4 rings (SSSR count). The van der Waals surface area contributed by atoms with Gasteiger partial charge in [0.2, 0.25) is 0 Å². The molecule has 2 aromatic heterocycles. The van der Waals surface area contributed by atoms with Crippen LogP contribution in [-0.4, -0.2) is 22.5 Å². The second-order valence-corrected chi connectivity index (χ2v) is 7.68. The number of rotatable bonds is 11. The minimum Gasteiger partial charge on any atom is -0.490 e. The highest BCUT2D eigenvalue weighted by atomic mass is 16.5. The summed E-state index contributed by atoms with van der Waals surface area (Å²) in [6, 6.07) is 22.3. The van der Waals surface area contributed by atoms with Gasteiger partial charge in [0, 0.05) is 36.3 Å². The van der Waals surface area contributed by atoms with Crippen molar-refractivity contribution < 1.29 is 19.0 Å². The summed E-state index contributed by atoms with van der Waals surface area (Å²) in [5, 5.41) is 2.95. The van der Waals surface area contributed by atoms with Gasteiger partial charge in [-0.3, -0.25) is 14.8 Å². The van der Waals surface area contributed by atoms with E-state index in [0.717, 1.165) is 22.6 Å². The van der Waals surface area contributed by atoms with Crippen LogP contribution in [0.15, 0.2) is 91.4 Å². The molecular formula is C28H27N3O4. The lowest BCUT2D eigenvalue weighted by molar-refractivity contribution is 0.0950. The number of ether oxygens (including phenoxy) is 3. The molecule has 4 aromatic rings. The molecule has 0 unspecified atom stereocenters. The summed E-state index contributed by atoms with van der Waals surface area (Å²) in [5.74, 6) is 1.61. The minimum atomic E-state index is -0.204. The van der Waals surface area contributed by atoms with Crippen molar-refractivity contribution in [1.82, 2.24) is 15.3 Å². The van der Waals surface area contributed by atoms with Crippen LogP contribution in [0.1, 0.15) is 34.1 Å². The van der Waals surface area contributed by atoms with Gasteiger partial charge in [-0.05, 0) is 61.0 Å². The van der Waals surface area contributed by atoms with Crippen LogP contribution in [0.2, 0.25) is 0 Å². The molecule has 35 heavy (non-hydrogen) atoms. The van der Waals surface area contributed by atoms with E-state index >= 15 is 0 Å². The molecule has 1 N–H and O–H groups in total. The van der Waals surface area contributed by atoms with E-state index in [0.29, 0.717) is 43.4 Å². The third kappa shape index (κ3) is 7.04. The fourth-order valence-corrected chi connectivity index (χ4v) is 3.35. The standard InChI is InChI=1S/C28H27N3O4/c1-2-33-27-16-23(11-12-26(27)35-19-22-8-6-13-29-17-22)28(32)31-18-21-7-5-10-25(15-21)34-20-24-9-3-4-14-30-24/h3-17H,2,18-20H2,1H3,(H,31,32). The number of benzene rings is 2. The van der Waals surface area contributed by atoms with Gasteiger partial charge in [0.15, 0.2) is 11.5 Å². The lowest BCUT2D eigenvalue weighted by atomic mass is 10.1. The number of carbonyl (C=O) groups excluding carboxylic acids is 1. The number of carbonyl (C=O) groups is 1. The number of hydrogen-bond acceptors (Lipinski definition) is 6. The van der Waals surface area contributed by atoms with Crippen LogP contribution in [-0.2, 0) is 19.8 Å². The molecule has 178 valence electrons. The van der Waals surface area contributed by atoms with Gasteiger partial charge < -0.3 is 19.5 Å². The van der Waals surface area contributed by atoms with Crippen molar-refractivity contribution in [3.8, 4) is 17.2 Å². The van der Waals surface area contributed by atoms with Crippen molar-refractivity contribution >= 4 is 5.91 Å². The zero-order chi connectivity index (χ0) is 24.3. The van der Waals surface area contributed by atoms with Crippen molar-refractivity contribution in [2.75, 3.05) is 6.61 Å². The van der Waals surface area contributed by atoms with Crippen LogP contribution in [0.4, 0.5) is 0 Å². The Kier molecular flexibility index (Phi) is 8.27. The Morgan fingerprint density at radius 3 is 2.54 bits per heavy atom. The van der Waals surface area contributed by atoms with E-state index in [9.17, 15) is 4.79 Å². The molecule has 0 saturated heterocycles. The molecule has 7 heteroatoms. The highest BCUT2D eigenvalue weighted by Crippen LogP contribution is 2.29. The molecule has 7 nitrogen and oxygen atoms in total. The van der Waals surface area contributed by atoms with Gasteiger partial charge in [-0.15, -0.1) is 0 Å². The number of pyridine rings is 2. The maximum absolute atomic E-state index is 12.8. The smallest absolute Gasteiger partial charge is 0.251 e. The predicted octanol–water partition coefficient (Wildman–Crippen LogP) is 4.96. The predicted molar refractivity (Wildman–Crippen MR) is 132 cm³/mol. The van der Waals surface area contributed by atoms with Crippen LogP contribution in [0.3, 0.4) is 0 Å². The van der Waals surface area contributed by atoms with Gasteiger partial charge in [-0.2, -0.15) is 0 Å². The molecule has 0 spiro atoms. The van der Waals surface area contributed by atoms with E-state index in [1.54, 1.807) is 36.8 Å². The van der Waals surface area contributed by atoms with Gasteiger partial charge in [0.25, 0.3) is 5.91 Å². The second-order valence-electron chi connectivity index (χ2n) is 7.68. The van der Waals surface area contributed by atoms with E-state index in [4.69, 9.17) is 14.2 Å². The van der Waals surface area contributed by atoms with Crippen molar-refractivity contribution in [2.24, 2.45) is 0 Å². The molecule has 0 aliphatic rings. The lowest BCUT2D eigenvalue weighted by Crippen LogP contribution is -2.22. The van der Waals surface area contributed by atoms with Crippen LogP contribution in [0, 0.1) is 0 Å². The van der Waals surface area contributed by atoms with E-state index in [1.807, 2.05) is 61.5 Å². The van der Waals surface area contributed by atoms with Gasteiger partial charge in [-0.1, -0.05) is 24.3 Å². The Bertz CT molecular complexity index is 1230. The fourth-order valence-electron chi connectivity index (χ4n) is 3.35. The SMILES string of the molecule is CCOc1cc(C(=O)NCc2cccc(OCc3ccccn3)c2)ccc1OCc1cccnc1. The molecule has 0 aliphatic carbocycles. The zero-order valence-corrected chi connectivity index (χ0v) is 19.5.